The van der Waals surface area contributed by atoms with Gasteiger partial charge in [0, 0.05) is 47.4 Å². The average molecular weight is 511 g/mol. The summed E-state index contributed by atoms with van der Waals surface area (Å²) in [4.78, 5) is 31.4. The van der Waals surface area contributed by atoms with Crippen molar-refractivity contribution in [3.05, 3.63) is 69.8 Å². The Bertz CT molecular complexity index is 1350. The van der Waals surface area contributed by atoms with Crippen LogP contribution < -0.4 is 19.5 Å². The molecule has 3 aromatic rings. The molecule has 180 valence electrons. The quantitative estimate of drug-likeness (QED) is 0.463. The van der Waals surface area contributed by atoms with Crippen molar-refractivity contribution < 1.29 is 23.8 Å². The Hall–Kier alpha value is -3.36. The maximum Gasteiger partial charge on any atom is 0.236 e. The topological polar surface area (TPSA) is 86.8 Å². The number of nitrogens with one attached hydrogen (secondary N) is 1. The van der Waals surface area contributed by atoms with Crippen LogP contribution in [0.2, 0.25) is 5.02 Å². The highest BCUT2D eigenvalue weighted by Crippen LogP contribution is 2.52. The highest BCUT2D eigenvalue weighted by atomic mass is 35.5. The summed E-state index contributed by atoms with van der Waals surface area (Å²) in [6.07, 6.45) is 3.70. The highest BCUT2D eigenvalue weighted by Gasteiger charge is 2.60. The number of fused-ring (bicyclic) bond motifs is 1. The molecule has 1 aromatic heterocycles. The molecule has 0 amide bonds. The molecule has 1 N–H and O–H groups in total. The monoisotopic (exact) mass is 510 g/mol. The van der Waals surface area contributed by atoms with Crippen LogP contribution >= 0.6 is 22.9 Å². The van der Waals surface area contributed by atoms with Gasteiger partial charge in [-0.2, -0.15) is 0 Å². The van der Waals surface area contributed by atoms with E-state index in [-0.39, 0.29) is 22.1 Å². The Morgan fingerprint density at radius 1 is 1.23 bits per heavy atom. The van der Waals surface area contributed by atoms with E-state index < -0.39 is 23.1 Å². The lowest BCUT2D eigenvalue weighted by Gasteiger charge is -2.35. The third-order valence-electron chi connectivity index (χ3n) is 6.44. The normalized spacial score (nSPS) is 20.9. The maximum absolute atomic E-state index is 13.6. The third-order valence-corrected chi connectivity index (χ3v) is 7.62. The standard InChI is InChI=1S/C26H23ClN2O5S/c1-14-9-17(29-13-15-5-4-6-16(10-15)25-28-7-8-35-25)11-20(30)26(14)24(31)21-18(32-2)12-19(33-3)22(27)23(21)34-26/h4-8,10-12,14,29H,9,13H2,1-3H3. The molecule has 2 heterocycles. The van der Waals surface area contributed by atoms with Crippen molar-refractivity contribution in [1.82, 2.24) is 10.3 Å². The Balaban J connectivity index is 1.39. The average Bonchev–Trinajstić information content (AvgIpc) is 3.50. The first kappa shape index (κ1) is 23.4. The van der Waals surface area contributed by atoms with Crippen LogP contribution in [0.4, 0.5) is 0 Å². The fourth-order valence-electron chi connectivity index (χ4n) is 4.65. The summed E-state index contributed by atoms with van der Waals surface area (Å²) >= 11 is 8.03. The number of hydrogen-bond donors (Lipinski definition) is 1. The third kappa shape index (κ3) is 3.77. The molecule has 1 aliphatic heterocycles. The number of rotatable bonds is 6. The Morgan fingerprint density at radius 2 is 2.03 bits per heavy atom. The summed E-state index contributed by atoms with van der Waals surface area (Å²) in [6.45, 7) is 2.36. The lowest BCUT2D eigenvalue weighted by atomic mass is 9.74. The molecule has 0 fully saturated rings. The molecule has 0 saturated heterocycles. The predicted molar refractivity (Wildman–Crippen MR) is 134 cm³/mol. The van der Waals surface area contributed by atoms with E-state index in [9.17, 15) is 9.59 Å². The number of carbonyl (C=O) groups excluding carboxylic acids is 2. The van der Waals surface area contributed by atoms with Gasteiger partial charge >= 0.3 is 0 Å². The molecule has 5 rings (SSSR count). The van der Waals surface area contributed by atoms with Gasteiger partial charge in [0.1, 0.15) is 27.1 Å². The zero-order chi connectivity index (χ0) is 24.7. The minimum absolute atomic E-state index is 0.122. The van der Waals surface area contributed by atoms with Gasteiger partial charge in [0.15, 0.2) is 5.75 Å². The molecule has 9 heteroatoms. The highest BCUT2D eigenvalue weighted by molar-refractivity contribution is 7.13. The van der Waals surface area contributed by atoms with Crippen LogP contribution in [0.25, 0.3) is 10.6 Å². The van der Waals surface area contributed by atoms with Gasteiger partial charge in [-0.15, -0.1) is 11.3 Å². The van der Waals surface area contributed by atoms with Crippen molar-refractivity contribution in [2.24, 2.45) is 5.92 Å². The largest absolute Gasteiger partial charge is 0.496 e. The molecule has 0 radical (unpaired) electrons. The summed E-state index contributed by atoms with van der Waals surface area (Å²) < 4.78 is 16.8. The summed E-state index contributed by atoms with van der Waals surface area (Å²) in [5, 5.41) is 6.39. The van der Waals surface area contributed by atoms with Crippen molar-refractivity contribution in [1.29, 1.82) is 0 Å². The SMILES string of the molecule is COc1cc(OC)c2c(c1Cl)OC1(C(=O)C=C(NCc3cccc(-c4nccs4)c3)CC1C)C2=O. The minimum atomic E-state index is -1.68. The molecule has 7 nitrogen and oxygen atoms in total. The summed E-state index contributed by atoms with van der Waals surface area (Å²) in [6, 6.07) is 9.63. The molecule has 2 unspecified atom stereocenters. The zero-order valence-electron chi connectivity index (χ0n) is 19.4. The van der Waals surface area contributed by atoms with Crippen molar-refractivity contribution in [3.63, 3.8) is 0 Å². The van der Waals surface area contributed by atoms with Crippen LogP contribution in [0.5, 0.6) is 17.2 Å². The van der Waals surface area contributed by atoms with E-state index in [1.54, 1.807) is 17.5 Å². The number of aromatic nitrogens is 1. The van der Waals surface area contributed by atoms with E-state index >= 15 is 0 Å². The molecule has 1 aliphatic carbocycles. The van der Waals surface area contributed by atoms with Gasteiger partial charge in [-0.1, -0.05) is 36.7 Å². The summed E-state index contributed by atoms with van der Waals surface area (Å²) in [5.41, 5.74) is 1.34. The molecule has 2 aliphatic rings. The van der Waals surface area contributed by atoms with Gasteiger partial charge in [-0.25, -0.2) is 4.98 Å². The molecule has 35 heavy (non-hydrogen) atoms. The number of methoxy groups -OCH3 is 2. The minimum Gasteiger partial charge on any atom is -0.496 e. The number of carbonyl (C=O) groups is 2. The second kappa shape index (κ2) is 9.02. The number of benzene rings is 2. The number of nitrogens with zero attached hydrogens (tertiary/aromatic N) is 1. The van der Waals surface area contributed by atoms with Crippen LogP contribution in [-0.4, -0.2) is 36.4 Å². The molecule has 0 saturated carbocycles. The number of halogens is 1. The number of allylic oxidation sites excluding steroid dienone is 1. The first-order chi connectivity index (χ1) is 16.9. The Labute approximate surface area is 211 Å². The molecular formula is C26H23ClN2O5S. The maximum atomic E-state index is 13.6. The molecule has 2 aromatic carbocycles. The van der Waals surface area contributed by atoms with Gasteiger partial charge in [-0.3, -0.25) is 9.59 Å². The summed E-state index contributed by atoms with van der Waals surface area (Å²) in [7, 11) is 2.90. The van der Waals surface area contributed by atoms with Gasteiger partial charge < -0.3 is 19.5 Å². The fourth-order valence-corrected chi connectivity index (χ4v) is 5.55. The van der Waals surface area contributed by atoms with E-state index in [1.165, 1.54) is 26.4 Å². The van der Waals surface area contributed by atoms with Crippen molar-refractivity contribution in [3.8, 4) is 27.8 Å². The van der Waals surface area contributed by atoms with E-state index in [4.69, 9.17) is 25.8 Å². The molecule has 1 spiro atoms. The van der Waals surface area contributed by atoms with Gasteiger partial charge in [0.25, 0.3) is 0 Å². The van der Waals surface area contributed by atoms with E-state index in [0.717, 1.165) is 21.8 Å². The first-order valence-electron chi connectivity index (χ1n) is 11.0. The van der Waals surface area contributed by atoms with Gasteiger partial charge in [0.05, 0.1) is 14.2 Å². The summed E-state index contributed by atoms with van der Waals surface area (Å²) in [5.74, 6) is -0.615. The van der Waals surface area contributed by atoms with Crippen molar-refractivity contribution in [2.75, 3.05) is 14.2 Å². The Kier molecular flexibility index (Phi) is 6.02. The van der Waals surface area contributed by atoms with Crippen molar-refractivity contribution in [2.45, 2.75) is 25.5 Å². The van der Waals surface area contributed by atoms with Crippen LogP contribution in [-0.2, 0) is 11.3 Å². The second-order valence-corrected chi connectivity index (χ2v) is 9.77. The lowest BCUT2D eigenvalue weighted by Crippen LogP contribution is -2.55. The lowest BCUT2D eigenvalue weighted by molar-refractivity contribution is -0.129. The molecular weight excluding hydrogens is 488 g/mol. The van der Waals surface area contributed by atoms with E-state index in [0.29, 0.717) is 18.7 Å². The van der Waals surface area contributed by atoms with Crippen LogP contribution in [0.1, 0.15) is 29.3 Å². The van der Waals surface area contributed by atoms with Gasteiger partial charge in [0.2, 0.25) is 17.2 Å². The number of hydrogen-bond acceptors (Lipinski definition) is 8. The second-order valence-electron chi connectivity index (χ2n) is 8.50. The van der Waals surface area contributed by atoms with E-state index in [1.807, 2.05) is 30.5 Å². The van der Waals surface area contributed by atoms with E-state index in [2.05, 4.69) is 16.4 Å². The fraction of sp³-hybridized carbons (Fsp3) is 0.269. The predicted octanol–water partition coefficient (Wildman–Crippen LogP) is 5.08. The number of ether oxygens (including phenoxy) is 3. The number of thiazole rings is 1. The van der Waals surface area contributed by atoms with Crippen LogP contribution in [0.3, 0.4) is 0 Å². The number of Topliss-reactive ketones (excluding diaryl/α,β-unsaturated/α-hetero) is 1. The molecule has 0 bridgehead atoms. The number of ketones is 2. The van der Waals surface area contributed by atoms with Crippen LogP contribution in [0, 0.1) is 5.92 Å². The smallest absolute Gasteiger partial charge is 0.236 e. The van der Waals surface area contributed by atoms with Crippen molar-refractivity contribution >= 4 is 34.5 Å². The van der Waals surface area contributed by atoms with Gasteiger partial charge in [-0.05, 0) is 18.1 Å². The zero-order valence-corrected chi connectivity index (χ0v) is 21.0. The molecule has 2 atom stereocenters. The first-order valence-corrected chi connectivity index (χ1v) is 12.3. The van der Waals surface area contributed by atoms with Crippen LogP contribution in [0.15, 0.2) is 53.7 Å². The Morgan fingerprint density at radius 3 is 2.71 bits per heavy atom.